The molecule has 1 amide bonds. The summed E-state index contributed by atoms with van der Waals surface area (Å²) in [5.74, 6) is -3.24. The maximum atomic E-state index is 12.0. The summed E-state index contributed by atoms with van der Waals surface area (Å²) in [6, 6.07) is -0.427. The molecule has 2 aliphatic rings. The average Bonchev–Trinajstić information content (AvgIpc) is 2.51. The summed E-state index contributed by atoms with van der Waals surface area (Å²) < 4.78 is 21.4. The zero-order valence-electron chi connectivity index (χ0n) is 15.2. The van der Waals surface area contributed by atoms with Gasteiger partial charge in [0.1, 0.15) is 6.10 Å². The Labute approximate surface area is 186 Å². The minimum Gasteiger partial charge on any atom is -0.451 e. The lowest BCUT2D eigenvalue weighted by Crippen LogP contribution is -2.64. The van der Waals surface area contributed by atoms with Gasteiger partial charge in [0.25, 0.3) is 0 Å². The number of amides is 1. The first-order chi connectivity index (χ1) is 13.0. The first-order valence-electron chi connectivity index (χ1n) is 8.42. The molecule has 0 aromatic heterocycles. The molecule has 0 radical (unpaired) electrons. The molecule has 9 nitrogen and oxygen atoms in total. The second kappa shape index (κ2) is 9.75. The van der Waals surface area contributed by atoms with E-state index in [1.54, 1.807) is 0 Å². The number of hydrogen-bond donors (Lipinski definition) is 1. The van der Waals surface area contributed by atoms with Crippen molar-refractivity contribution in [3.63, 3.8) is 0 Å². The molecule has 1 heterocycles. The number of alkyl carbamates (subject to hydrolysis) is 1. The van der Waals surface area contributed by atoms with E-state index in [2.05, 4.69) is 53.1 Å². The van der Waals surface area contributed by atoms with Crippen molar-refractivity contribution in [2.24, 2.45) is 17.8 Å². The van der Waals surface area contributed by atoms with Crippen LogP contribution in [0.3, 0.4) is 0 Å². The monoisotopic (exact) mass is 591 g/mol. The third-order valence-electron chi connectivity index (χ3n) is 4.57. The van der Waals surface area contributed by atoms with Crippen molar-refractivity contribution < 1.29 is 38.1 Å². The predicted molar refractivity (Wildman–Crippen MR) is 106 cm³/mol. The molecule has 0 spiro atoms. The van der Waals surface area contributed by atoms with Crippen molar-refractivity contribution in [3.05, 3.63) is 0 Å². The number of carbonyl (C=O) groups is 4. The highest BCUT2D eigenvalue weighted by atomic mass is 79.9. The number of rotatable bonds is 6. The van der Waals surface area contributed by atoms with E-state index < -0.39 is 68.9 Å². The molecule has 1 saturated heterocycles. The molecule has 2 rings (SSSR count). The Morgan fingerprint density at radius 3 is 1.79 bits per heavy atom. The van der Waals surface area contributed by atoms with Crippen molar-refractivity contribution in [2.75, 3.05) is 0 Å². The molecule has 1 N–H and O–H groups in total. The van der Waals surface area contributed by atoms with Crippen LogP contribution in [0.4, 0.5) is 4.79 Å². The Bertz CT molecular complexity index is 607. The summed E-state index contributed by atoms with van der Waals surface area (Å²) >= 11 is 10.1. The largest absolute Gasteiger partial charge is 0.451 e. The average molecular weight is 594 g/mol. The van der Waals surface area contributed by atoms with Crippen molar-refractivity contribution in [2.45, 2.75) is 54.4 Å². The topological polar surface area (TPSA) is 117 Å². The second-order valence-electron chi connectivity index (χ2n) is 6.54. The van der Waals surface area contributed by atoms with Crippen molar-refractivity contribution in [1.82, 2.24) is 5.32 Å². The Morgan fingerprint density at radius 2 is 1.32 bits per heavy atom. The van der Waals surface area contributed by atoms with Gasteiger partial charge in [-0.25, -0.2) is 4.79 Å². The number of hydrogen-bond acceptors (Lipinski definition) is 8. The number of ether oxygens (including phenoxy) is 4. The van der Waals surface area contributed by atoms with Gasteiger partial charge in [0.2, 0.25) is 0 Å². The normalized spacial score (nSPS) is 32.1. The summed E-state index contributed by atoms with van der Waals surface area (Å²) in [5, 5.41) is 0.271. The van der Waals surface area contributed by atoms with Gasteiger partial charge in [-0.1, -0.05) is 0 Å². The molecule has 0 aromatic carbocycles. The lowest BCUT2D eigenvalue weighted by atomic mass is 9.68. The van der Waals surface area contributed by atoms with E-state index in [0.29, 0.717) is 6.42 Å². The third-order valence-corrected chi connectivity index (χ3v) is 6.97. The lowest BCUT2D eigenvalue weighted by molar-refractivity contribution is -0.167. The van der Waals surface area contributed by atoms with Crippen LogP contribution in [0.5, 0.6) is 0 Å². The predicted octanol–water partition coefficient (Wildman–Crippen LogP) is 2.57. The fraction of sp³-hybridized carbons (Fsp3) is 0.750. The number of halogens is 3. The Morgan fingerprint density at radius 1 is 0.893 bits per heavy atom. The van der Waals surface area contributed by atoms with Crippen LogP contribution in [0.15, 0.2) is 0 Å². The van der Waals surface area contributed by atoms with Crippen LogP contribution < -0.4 is 5.32 Å². The molecule has 2 bridgehead atoms. The van der Waals surface area contributed by atoms with Gasteiger partial charge in [0, 0.05) is 45.1 Å². The molecule has 0 aromatic rings. The van der Waals surface area contributed by atoms with Gasteiger partial charge >= 0.3 is 24.0 Å². The maximum Gasteiger partial charge on any atom is 0.407 e. The van der Waals surface area contributed by atoms with E-state index in [1.807, 2.05) is 0 Å². The molecule has 1 saturated carbocycles. The second-order valence-corrected chi connectivity index (χ2v) is 9.25. The van der Waals surface area contributed by atoms with Crippen LogP contribution in [0.25, 0.3) is 0 Å². The van der Waals surface area contributed by atoms with Crippen molar-refractivity contribution in [1.29, 1.82) is 0 Å². The quantitative estimate of drug-likeness (QED) is 0.284. The number of alkyl halides is 3. The van der Waals surface area contributed by atoms with Gasteiger partial charge in [-0.2, -0.15) is 0 Å². The van der Waals surface area contributed by atoms with Crippen LogP contribution in [0, 0.1) is 17.8 Å². The molecule has 2 fully saturated rings. The van der Waals surface area contributed by atoms with Gasteiger partial charge in [-0.05, 0) is 47.8 Å². The fourth-order valence-corrected chi connectivity index (χ4v) is 6.61. The van der Waals surface area contributed by atoms with E-state index in [4.69, 9.17) is 18.9 Å². The third kappa shape index (κ3) is 5.59. The van der Waals surface area contributed by atoms with Crippen LogP contribution in [0.2, 0.25) is 0 Å². The summed E-state index contributed by atoms with van der Waals surface area (Å²) in [6.07, 6.45) is -0.848. The van der Waals surface area contributed by atoms with Crippen LogP contribution >= 0.6 is 47.8 Å². The van der Waals surface area contributed by atoms with Gasteiger partial charge in [0.05, 0.1) is 5.92 Å². The number of esters is 3. The molecule has 1 aliphatic heterocycles. The molecule has 12 heteroatoms. The maximum absolute atomic E-state index is 12.0. The lowest BCUT2D eigenvalue weighted by Gasteiger charge is -2.51. The molecular weight excluding hydrogens is 574 g/mol. The van der Waals surface area contributed by atoms with Crippen LogP contribution in [-0.4, -0.2) is 51.2 Å². The highest BCUT2D eigenvalue weighted by Crippen LogP contribution is 2.49. The van der Waals surface area contributed by atoms with Crippen LogP contribution in [-0.2, 0) is 33.3 Å². The highest BCUT2D eigenvalue weighted by molar-refractivity contribution is 9.10. The fourth-order valence-electron chi connectivity index (χ4n) is 3.70. The smallest absolute Gasteiger partial charge is 0.407 e. The first kappa shape index (κ1) is 23.4. The standard InChI is InChI=1S/C16H20Br3NO8/c1-5(21)25-13(17)10-8-4-9(28-16(24)20-8)11(14(18)26-6(2)22)12(10)15(19)27-7(3)23/h8-15H,4H2,1-3H3,(H,20,24). The van der Waals surface area contributed by atoms with Gasteiger partial charge in [-0.15, -0.1) is 0 Å². The minimum absolute atomic E-state index is 0.393. The first-order valence-corrected chi connectivity index (χ1v) is 11.2. The van der Waals surface area contributed by atoms with Crippen molar-refractivity contribution >= 4 is 71.8 Å². The Balaban J connectivity index is 2.47. The number of nitrogens with one attached hydrogen (secondary N) is 1. The zero-order chi connectivity index (χ0) is 21.2. The summed E-state index contributed by atoms with van der Waals surface area (Å²) in [6.45, 7) is 3.78. The van der Waals surface area contributed by atoms with E-state index in [0.717, 1.165) is 0 Å². The summed E-state index contributed by atoms with van der Waals surface area (Å²) in [4.78, 5) is 46.6. The van der Waals surface area contributed by atoms with Crippen molar-refractivity contribution in [3.8, 4) is 0 Å². The number of fused-ring (bicyclic) bond motifs is 2. The SMILES string of the molecule is CC(=O)OC(Br)C1C2CC(OC(=O)N2)C(C(Br)OC(C)=O)C1C(Br)OC(C)=O. The van der Waals surface area contributed by atoms with Gasteiger partial charge in [0.15, 0.2) is 15.0 Å². The molecule has 1 aliphatic carbocycles. The van der Waals surface area contributed by atoms with Crippen LogP contribution in [0.1, 0.15) is 27.2 Å². The summed E-state index contributed by atoms with van der Waals surface area (Å²) in [7, 11) is 0. The molecule has 8 atom stereocenters. The molecule has 8 unspecified atom stereocenters. The molecule has 28 heavy (non-hydrogen) atoms. The van der Waals surface area contributed by atoms with E-state index in [-0.39, 0.29) is 0 Å². The van der Waals surface area contributed by atoms with Gasteiger partial charge < -0.3 is 24.3 Å². The minimum atomic E-state index is -0.831. The van der Waals surface area contributed by atoms with E-state index in [1.165, 1.54) is 20.8 Å². The Hall–Kier alpha value is -0.880. The Kier molecular flexibility index (Phi) is 8.15. The van der Waals surface area contributed by atoms with Gasteiger partial charge in [-0.3, -0.25) is 14.4 Å². The van der Waals surface area contributed by atoms with E-state index in [9.17, 15) is 19.2 Å². The molecule has 158 valence electrons. The summed E-state index contributed by atoms with van der Waals surface area (Å²) in [5.41, 5.74) is 0. The number of carbonyl (C=O) groups excluding carboxylic acids is 4. The zero-order valence-corrected chi connectivity index (χ0v) is 20.0. The van der Waals surface area contributed by atoms with E-state index >= 15 is 0 Å². The molecular formula is C16H20Br3NO8. The highest BCUT2D eigenvalue weighted by Gasteiger charge is 2.57.